The molecule has 1 amide bonds. The molecule has 0 bridgehead atoms. The first kappa shape index (κ1) is 25.0. The Kier molecular flexibility index (Phi) is 7.14. The second-order valence-corrected chi connectivity index (χ2v) is 10.9. The van der Waals surface area contributed by atoms with Gasteiger partial charge in [0.25, 0.3) is 0 Å². The van der Waals surface area contributed by atoms with Crippen molar-refractivity contribution in [1.29, 1.82) is 0 Å². The molecule has 0 N–H and O–H groups in total. The molecule has 2 atom stereocenters. The van der Waals surface area contributed by atoms with Gasteiger partial charge in [0.2, 0.25) is 11.9 Å². The number of rotatable bonds is 8. The summed E-state index contributed by atoms with van der Waals surface area (Å²) < 4.78 is 22.6. The van der Waals surface area contributed by atoms with Gasteiger partial charge in [-0.1, -0.05) is 17.7 Å². The summed E-state index contributed by atoms with van der Waals surface area (Å²) in [7, 11) is 0. The number of piperidine rings is 1. The summed E-state index contributed by atoms with van der Waals surface area (Å²) in [5, 5.41) is 8.47. The summed E-state index contributed by atoms with van der Waals surface area (Å²) in [5.41, 5.74) is 0.381. The molecule has 9 nitrogen and oxygen atoms in total. The zero-order valence-electron chi connectivity index (χ0n) is 21.2. The highest BCUT2D eigenvalue weighted by Crippen LogP contribution is 2.49. The number of benzene rings is 1. The van der Waals surface area contributed by atoms with E-state index in [1.54, 1.807) is 35.8 Å². The van der Waals surface area contributed by atoms with Crippen LogP contribution in [-0.2, 0) is 24.3 Å². The Labute approximate surface area is 226 Å². The lowest BCUT2D eigenvalue weighted by Gasteiger charge is -2.32. The number of nitrogens with zero attached hydrogens (tertiary/aromatic N) is 7. The molecule has 0 spiro atoms. The smallest absolute Gasteiger partial charge is 0.227 e. The molecule has 6 rings (SSSR count). The minimum Gasteiger partial charge on any atom is -0.493 e. The monoisotopic (exact) mass is 539 g/mol. The molecule has 4 heterocycles. The lowest BCUT2D eigenvalue weighted by atomic mass is 9.90. The van der Waals surface area contributed by atoms with Gasteiger partial charge in [-0.05, 0) is 55.1 Å². The van der Waals surface area contributed by atoms with Gasteiger partial charge in [-0.2, -0.15) is 0 Å². The van der Waals surface area contributed by atoms with Crippen molar-refractivity contribution < 1.29 is 13.9 Å². The first-order valence-electron chi connectivity index (χ1n) is 13.3. The van der Waals surface area contributed by atoms with Crippen LogP contribution in [0.3, 0.4) is 0 Å². The molecule has 1 saturated heterocycles. The number of fused-ring (bicyclic) bond motifs is 1. The normalized spacial score (nSPS) is 21.3. The van der Waals surface area contributed by atoms with Crippen molar-refractivity contribution in [2.45, 2.75) is 45.2 Å². The Balaban J connectivity index is 0.921. The summed E-state index contributed by atoms with van der Waals surface area (Å²) >= 11 is 5.90. The molecular weight excluding hydrogens is 509 g/mol. The van der Waals surface area contributed by atoms with Gasteiger partial charge in [-0.3, -0.25) is 4.79 Å². The van der Waals surface area contributed by atoms with Crippen molar-refractivity contribution in [3.8, 4) is 5.75 Å². The highest BCUT2D eigenvalue weighted by Gasteiger charge is 2.43. The number of hydrogen-bond donors (Lipinski definition) is 0. The Hall–Kier alpha value is -3.27. The van der Waals surface area contributed by atoms with Crippen LogP contribution in [0.2, 0.25) is 5.02 Å². The minimum absolute atomic E-state index is 0.0208. The molecule has 3 aromatic rings. The Morgan fingerprint density at radius 2 is 1.95 bits per heavy atom. The van der Waals surface area contributed by atoms with E-state index in [9.17, 15) is 9.18 Å². The third-order valence-corrected chi connectivity index (χ3v) is 8.32. The molecule has 2 fully saturated rings. The number of aromatic nitrogens is 5. The van der Waals surface area contributed by atoms with E-state index in [-0.39, 0.29) is 12.3 Å². The van der Waals surface area contributed by atoms with Gasteiger partial charge < -0.3 is 19.1 Å². The van der Waals surface area contributed by atoms with Crippen molar-refractivity contribution in [1.82, 2.24) is 29.6 Å². The molecule has 0 radical (unpaired) electrons. The van der Waals surface area contributed by atoms with Gasteiger partial charge in [0, 0.05) is 32.2 Å². The van der Waals surface area contributed by atoms with Crippen LogP contribution in [0, 0.1) is 23.6 Å². The van der Waals surface area contributed by atoms with E-state index < -0.39 is 5.82 Å². The Morgan fingerprint density at radius 1 is 1.13 bits per heavy atom. The number of hydrogen-bond acceptors (Lipinski definition) is 7. The first-order chi connectivity index (χ1) is 18.5. The van der Waals surface area contributed by atoms with Crippen molar-refractivity contribution >= 4 is 23.5 Å². The molecule has 38 heavy (non-hydrogen) atoms. The van der Waals surface area contributed by atoms with E-state index in [0.717, 1.165) is 56.0 Å². The van der Waals surface area contributed by atoms with Crippen LogP contribution in [0.15, 0.2) is 36.9 Å². The van der Waals surface area contributed by atoms with Crippen LogP contribution < -0.4 is 9.64 Å². The third kappa shape index (κ3) is 5.60. The van der Waals surface area contributed by atoms with Crippen LogP contribution in [0.4, 0.5) is 10.3 Å². The molecular formula is C27H31ClFN7O2. The highest BCUT2D eigenvalue weighted by atomic mass is 35.5. The molecule has 1 unspecified atom stereocenters. The van der Waals surface area contributed by atoms with E-state index in [4.69, 9.17) is 16.3 Å². The van der Waals surface area contributed by atoms with E-state index in [2.05, 4.69) is 25.1 Å². The van der Waals surface area contributed by atoms with Gasteiger partial charge in [-0.25, -0.2) is 14.4 Å². The van der Waals surface area contributed by atoms with Crippen molar-refractivity contribution in [3.05, 3.63) is 59.1 Å². The predicted molar refractivity (Wildman–Crippen MR) is 139 cm³/mol. The maximum Gasteiger partial charge on any atom is 0.227 e. The topological polar surface area (TPSA) is 89.3 Å². The van der Waals surface area contributed by atoms with Crippen molar-refractivity contribution in [3.63, 3.8) is 0 Å². The molecule has 2 aromatic heterocycles. The Bertz CT molecular complexity index is 1280. The fourth-order valence-electron chi connectivity index (χ4n) is 5.82. The number of carbonyl (C=O) groups excluding carboxylic acids is 1. The summed E-state index contributed by atoms with van der Waals surface area (Å²) in [6, 6.07) is 4.82. The van der Waals surface area contributed by atoms with E-state index in [0.29, 0.717) is 48.5 Å². The van der Waals surface area contributed by atoms with Gasteiger partial charge >= 0.3 is 0 Å². The van der Waals surface area contributed by atoms with Crippen LogP contribution in [0.1, 0.15) is 37.1 Å². The Morgan fingerprint density at radius 3 is 2.74 bits per heavy atom. The van der Waals surface area contributed by atoms with Crippen LogP contribution >= 0.6 is 11.6 Å². The second kappa shape index (κ2) is 10.8. The van der Waals surface area contributed by atoms with E-state index >= 15 is 0 Å². The molecule has 1 aliphatic carbocycles. The number of amides is 1. The van der Waals surface area contributed by atoms with Gasteiger partial charge in [0.15, 0.2) is 5.82 Å². The number of ether oxygens (including phenoxy) is 1. The zero-order valence-corrected chi connectivity index (χ0v) is 21.9. The molecule has 11 heteroatoms. The third-order valence-electron chi connectivity index (χ3n) is 8.13. The molecule has 1 aromatic carbocycles. The summed E-state index contributed by atoms with van der Waals surface area (Å²) in [5.74, 6) is 3.66. The van der Waals surface area contributed by atoms with Crippen molar-refractivity contribution in [2.24, 2.45) is 17.8 Å². The fraction of sp³-hybridized carbons (Fsp3) is 0.519. The minimum atomic E-state index is -0.406. The lowest BCUT2D eigenvalue weighted by Crippen LogP contribution is -2.39. The van der Waals surface area contributed by atoms with Gasteiger partial charge in [0.05, 0.1) is 37.0 Å². The van der Waals surface area contributed by atoms with Gasteiger partial charge in [-0.15, -0.1) is 10.2 Å². The van der Waals surface area contributed by atoms with E-state index in [1.807, 2.05) is 4.57 Å². The SMILES string of the molecule is O=C(Cc1ccc(OCC[C@@H]2CC2C2CCN(c3ncc(Cl)cn3)CC2)cc1F)N1CCn2cnnc2C1. The largest absolute Gasteiger partial charge is 0.493 e. The van der Waals surface area contributed by atoms with E-state index in [1.165, 1.54) is 12.5 Å². The molecule has 3 aliphatic rings. The number of halogens is 2. The summed E-state index contributed by atoms with van der Waals surface area (Å²) in [6.45, 7) is 4.15. The maximum absolute atomic E-state index is 14.7. The zero-order chi connectivity index (χ0) is 26.1. The van der Waals surface area contributed by atoms with Crippen molar-refractivity contribution in [2.75, 3.05) is 31.1 Å². The summed E-state index contributed by atoms with van der Waals surface area (Å²) in [4.78, 5) is 25.3. The second-order valence-electron chi connectivity index (χ2n) is 10.5. The van der Waals surface area contributed by atoms with Crippen LogP contribution in [-0.4, -0.2) is 61.8 Å². The number of carbonyl (C=O) groups is 1. The molecule has 200 valence electrons. The van der Waals surface area contributed by atoms with Crippen LogP contribution in [0.25, 0.3) is 0 Å². The maximum atomic E-state index is 14.7. The van der Waals surface area contributed by atoms with Gasteiger partial charge in [0.1, 0.15) is 17.9 Å². The predicted octanol–water partition coefficient (Wildman–Crippen LogP) is 3.77. The quantitative estimate of drug-likeness (QED) is 0.430. The molecule has 1 saturated carbocycles. The number of anilines is 1. The average molecular weight is 540 g/mol. The highest BCUT2D eigenvalue weighted by molar-refractivity contribution is 6.30. The molecule has 2 aliphatic heterocycles. The van der Waals surface area contributed by atoms with Crippen LogP contribution in [0.5, 0.6) is 5.75 Å². The first-order valence-corrected chi connectivity index (χ1v) is 13.7. The lowest BCUT2D eigenvalue weighted by molar-refractivity contribution is -0.132. The summed E-state index contributed by atoms with van der Waals surface area (Å²) in [6.07, 6.45) is 9.51. The average Bonchev–Trinajstić information content (AvgIpc) is 3.55. The standard InChI is InChI=1S/C27H31ClFN7O2/c28-21-14-30-27(31-15-21)34-6-3-18(4-7-34)23-11-19(23)5-10-38-22-2-1-20(24(29)13-22)12-26(37)35-8-9-36-17-32-33-25(36)16-35/h1-2,13-15,17-19,23H,3-12,16H2/t19-,23?/m1/s1. The fourth-order valence-corrected chi connectivity index (χ4v) is 5.92.